The van der Waals surface area contributed by atoms with Gasteiger partial charge in [-0.1, -0.05) is 56.3 Å². The fraction of sp³-hybridized carbons (Fsp3) is 0.185. The zero-order valence-electron chi connectivity index (χ0n) is 18.6. The molecule has 4 rings (SSSR count). The molecule has 1 aromatic heterocycles. The van der Waals surface area contributed by atoms with Gasteiger partial charge in [-0.05, 0) is 53.4 Å². The minimum atomic E-state index is -0.141. The predicted molar refractivity (Wildman–Crippen MR) is 130 cm³/mol. The number of ether oxygens (including phenoxy) is 1. The summed E-state index contributed by atoms with van der Waals surface area (Å²) in [6, 6.07) is 25.4. The van der Waals surface area contributed by atoms with E-state index in [-0.39, 0.29) is 5.91 Å². The van der Waals surface area contributed by atoms with Gasteiger partial charge in [0.1, 0.15) is 11.6 Å². The maximum Gasteiger partial charge on any atom is 0.252 e. The van der Waals surface area contributed by atoms with Crippen LogP contribution in [0.3, 0.4) is 0 Å². The molecule has 0 aliphatic heterocycles. The number of fused-ring (bicyclic) bond motifs is 1. The first kappa shape index (κ1) is 21.4. The minimum Gasteiger partial charge on any atom is -0.497 e. The van der Waals surface area contributed by atoms with E-state index in [1.807, 2.05) is 66.7 Å². The molecule has 0 spiro atoms. The van der Waals surface area contributed by atoms with Crippen LogP contribution < -0.4 is 15.4 Å². The molecule has 0 unspecified atom stereocenters. The molecule has 162 valence electrons. The summed E-state index contributed by atoms with van der Waals surface area (Å²) in [6.45, 7) is 4.77. The normalized spacial score (nSPS) is 10.9. The second-order valence-electron chi connectivity index (χ2n) is 8.00. The zero-order valence-corrected chi connectivity index (χ0v) is 18.6. The van der Waals surface area contributed by atoms with E-state index >= 15 is 0 Å². The van der Waals surface area contributed by atoms with Crippen LogP contribution in [-0.2, 0) is 6.54 Å². The number of nitrogens with zero attached hydrogens (tertiary/aromatic N) is 1. The third-order valence-electron chi connectivity index (χ3n) is 5.42. The average Bonchev–Trinajstić information content (AvgIpc) is 2.82. The van der Waals surface area contributed by atoms with Crippen molar-refractivity contribution in [1.29, 1.82) is 0 Å². The van der Waals surface area contributed by atoms with E-state index in [9.17, 15) is 4.79 Å². The first-order valence-corrected chi connectivity index (χ1v) is 10.7. The molecule has 5 heteroatoms. The van der Waals surface area contributed by atoms with Gasteiger partial charge in [0.25, 0.3) is 5.91 Å². The fourth-order valence-electron chi connectivity index (χ4n) is 3.55. The topological polar surface area (TPSA) is 63.2 Å². The molecule has 0 aliphatic rings. The number of para-hydroxylation sites is 1. The summed E-state index contributed by atoms with van der Waals surface area (Å²) >= 11 is 0. The summed E-state index contributed by atoms with van der Waals surface area (Å²) in [7, 11) is 1.63. The number of methoxy groups -OCH3 is 1. The number of benzene rings is 3. The van der Waals surface area contributed by atoms with Crippen LogP contribution in [0.1, 0.15) is 41.3 Å². The number of amides is 1. The molecule has 3 aromatic carbocycles. The van der Waals surface area contributed by atoms with Gasteiger partial charge in [0.15, 0.2) is 0 Å². The molecule has 0 saturated heterocycles. The van der Waals surface area contributed by atoms with E-state index in [1.165, 1.54) is 5.56 Å². The Bertz CT molecular complexity index is 1220. The average molecular weight is 426 g/mol. The number of hydrogen-bond donors (Lipinski definition) is 2. The van der Waals surface area contributed by atoms with Crippen LogP contribution in [0.5, 0.6) is 5.75 Å². The second kappa shape index (κ2) is 9.52. The van der Waals surface area contributed by atoms with Crippen molar-refractivity contribution in [2.24, 2.45) is 0 Å². The van der Waals surface area contributed by atoms with Gasteiger partial charge >= 0.3 is 0 Å². The van der Waals surface area contributed by atoms with Crippen molar-refractivity contribution in [2.45, 2.75) is 26.3 Å². The molecule has 0 radical (unpaired) electrons. The van der Waals surface area contributed by atoms with Gasteiger partial charge in [-0.15, -0.1) is 0 Å². The number of hydrogen-bond acceptors (Lipinski definition) is 4. The number of anilines is 2. The number of carbonyl (C=O) groups is 1. The molecule has 4 aromatic rings. The molecule has 0 atom stereocenters. The number of pyridine rings is 1. The van der Waals surface area contributed by atoms with Crippen LogP contribution in [0.15, 0.2) is 78.9 Å². The molecule has 1 amide bonds. The Morgan fingerprint density at radius 1 is 0.969 bits per heavy atom. The van der Waals surface area contributed by atoms with E-state index in [0.29, 0.717) is 23.8 Å². The molecule has 32 heavy (non-hydrogen) atoms. The van der Waals surface area contributed by atoms with Gasteiger partial charge in [-0.25, -0.2) is 4.98 Å². The van der Waals surface area contributed by atoms with E-state index in [4.69, 9.17) is 9.72 Å². The summed E-state index contributed by atoms with van der Waals surface area (Å²) in [6.07, 6.45) is 0. The predicted octanol–water partition coefficient (Wildman–Crippen LogP) is 6.04. The summed E-state index contributed by atoms with van der Waals surface area (Å²) < 4.78 is 5.19. The van der Waals surface area contributed by atoms with Crippen molar-refractivity contribution in [3.63, 3.8) is 0 Å². The van der Waals surface area contributed by atoms with E-state index in [1.54, 1.807) is 7.11 Å². The van der Waals surface area contributed by atoms with Gasteiger partial charge in [0.2, 0.25) is 0 Å². The van der Waals surface area contributed by atoms with Crippen LogP contribution in [0.4, 0.5) is 11.5 Å². The van der Waals surface area contributed by atoms with Crippen molar-refractivity contribution in [1.82, 2.24) is 10.3 Å². The van der Waals surface area contributed by atoms with Gasteiger partial charge < -0.3 is 15.4 Å². The van der Waals surface area contributed by atoms with Crippen LogP contribution >= 0.6 is 0 Å². The van der Waals surface area contributed by atoms with Crippen molar-refractivity contribution in [3.05, 3.63) is 95.6 Å². The maximum absolute atomic E-state index is 13.1. The second-order valence-corrected chi connectivity index (χ2v) is 8.00. The lowest BCUT2D eigenvalue weighted by molar-refractivity contribution is 0.0952. The van der Waals surface area contributed by atoms with Gasteiger partial charge in [-0.3, -0.25) is 4.79 Å². The Labute approximate surface area is 188 Å². The van der Waals surface area contributed by atoms with Gasteiger partial charge in [0, 0.05) is 17.6 Å². The van der Waals surface area contributed by atoms with E-state index < -0.39 is 0 Å². The Hall–Kier alpha value is -3.86. The van der Waals surface area contributed by atoms with Gasteiger partial charge in [0.05, 0.1) is 18.2 Å². The number of rotatable bonds is 7. The minimum absolute atomic E-state index is 0.141. The third kappa shape index (κ3) is 4.89. The third-order valence-corrected chi connectivity index (χ3v) is 5.42. The highest BCUT2D eigenvalue weighted by Crippen LogP contribution is 2.24. The SMILES string of the molecule is COc1ccc(CNC(=O)c2cc(Nc3ccc(C(C)C)cc3)nc3ccccc23)cc1. The Balaban J connectivity index is 1.57. The van der Waals surface area contributed by atoms with Crippen molar-refractivity contribution in [2.75, 3.05) is 12.4 Å². The highest BCUT2D eigenvalue weighted by atomic mass is 16.5. The molecule has 0 saturated carbocycles. The first-order chi connectivity index (χ1) is 15.5. The maximum atomic E-state index is 13.1. The van der Waals surface area contributed by atoms with E-state index in [2.05, 4.69) is 36.6 Å². The lowest BCUT2D eigenvalue weighted by Crippen LogP contribution is -2.23. The molecule has 0 aliphatic carbocycles. The van der Waals surface area contributed by atoms with E-state index in [0.717, 1.165) is 27.9 Å². The molecule has 5 nitrogen and oxygen atoms in total. The molecule has 0 bridgehead atoms. The van der Waals surface area contributed by atoms with Crippen molar-refractivity contribution in [3.8, 4) is 5.75 Å². The van der Waals surface area contributed by atoms with Crippen molar-refractivity contribution >= 4 is 28.3 Å². The molecular weight excluding hydrogens is 398 g/mol. The van der Waals surface area contributed by atoms with Crippen LogP contribution in [0, 0.1) is 0 Å². The largest absolute Gasteiger partial charge is 0.497 e. The van der Waals surface area contributed by atoms with Crippen LogP contribution in [0.25, 0.3) is 10.9 Å². The smallest absolute Gasteiger partial charge is 0.252 e. The number of carbonyl (C=O) groups excluding carboxylic acids is 1. The zero-order chi connectivity index (χ0) is 22.5. The molecular formula is C27H27N3O2. The van der Waals surface area contributed by atoms with Gasteiger partial charge in [-0.2, -0.15) is 0 Å². The lowest BCUT2D eigenvalue weighted by atomic mass is 10.0. The number of aromatic nitrogens is 1. The van der Waals surface area contributed by atoms with Crippen molar-refractivity contribution < 1.29 is 9.53 Å². The summed E-state index contributed by atoms with van der Waals surface area (Å²) in [5, 5.41) is 7.18. The lowest BCUT2D eigenvalue weighted by Gasteiger charge is -2.13. The summed E-state index contributed by atoms with van der Waals surface area (Å²) in [5.74, 6) is 1.76. The Morgan fingerprint density at radius 2 is 1.69 bits per heavy atom. The molecule has 0 fully saturated rings. The molecule has 2 N–H and O–H groups in total. The summed E-state index contributed by atoms with van der Waals surface area (Å²) in [4.78, 5) is 17.8. The highest BCUT2D eigenvalue weighted by Gasteiger charge is 2.13. The Kier molecular flexibility index (Phi) is 6.36. The number of nitrogens with one attached hydrogen (secondary N) is 2. The fourth-order valence-corrected chi connectivity index (χ4v) is 3.55. The Morgan fingerprint density at radius 3 is 2.38 bits per heavy atom. The quantitative estimate of drug-likeness (QED) is 0.379. The molecule has 1 heterocycles. The van der Waals surface area contributed by atoms with Crippen LogP contribution in [0.2, 0.25) is 0 Å². The summed E-state index contributed by atoms with van der Waals surface area (Å²) in [5.41, 5.74) is 4.57. The standard InChI is InChI=1S/C27H27N3O2/c1-18(2)20-10-12-21(13-11-20)29-26-16-24(23-6-4-5-7-25(23)30-26)27(31)28-17-19-8-14-22(32-3)15-9-19/h4-16,18H,17H2,1-3H3,(H,28,31)(H,29,30). The van der Waals surface area contributed by atoms with Crippen LogP contribution in [-0.4, -0.2) is 18.0 Å². The highest BCUT2D eigenvalue weighted by molar-refractivity contribution is 6.07. The first-order valence-electron chi connectivity index (χ1n) is 10.7. The monoisotopic (exact) mass is 425 g/mol.